The highest BCUT2D eigenvalue weighted by atomic mass is 15.0. The predicted molar refractivity (Wildman–Crippen MR) is 269 cm³/mol. The lowest BCUT2D eigenvalue weighted by molar-refractivity contribution is 1.17. The van der Waals surface area contributed by atoms with Crippen molar-refractivity contribution in [2.24, 2.45) is 0 Å². The summed E-state index contributed by atoms with van der Waals surface area (Å²) >= 11 is 0. The van der Waals surface area contributed by atoms with E-state index in [2.05, 4.69) is 203 Å². The van der Waals surface area contributed by atoms with Crippen LogP contribution in [0.15, 0.2) is 219 Å². The molecule has 4 heterocycles. The van der Waals surface area contributed by atoms with E-state index in [1.807, 2.05) is 24.8 Å². The average Bonchev–Trinajstić information content (AvgIpc) is 3.90. The van der Waals surface area contributed by atoms with Crippen LogP contribution >= 0.6 is 0 Å². The minimum atomic E-state index is 1.08. The van der Waals surface area contributed by atoms with Crippen LogP contribution in [0, 0.1) is 0 Å². The molecule has 0 aliphatic rings. The Morgan fingerprint density at radius 3 is 1.09 bits per heavy atom. The number of benzene rings is 10. The van der Waals surface area contributed by atoms with Crippen LogP contribution < -0.4 is 0 Å². The van der Waals surface area contributed by atoms with Crippen LogP contribution in [0.25, 0.3) is 131 Å². The average molecular weight is 813 g/mol. The molecule has 0 amide bonds. The van der Waals surface area contributed by atoms with Gasteiger partial charge in [-0.2, -0.15) is 0 Å². The van der Waals surface area contributed by atoms with Crippen molar-refractivity contribution in [3.63, 3.8) is 0 Å². The molecule has 0 radical (unpaired) electrons. The maximum Gasteiger partial charge on any atom is 0.0724 e. The normalized spacial score (nSPS) is 12.1. The summed E-state index contributed by atoms with van der Waals surface area (Å²) in [6, 6.07) is 71.1. The van der Waals surface area contributed by atoms with Gasteiger partial charge in [0, 0.05) is 56.1 Å². The van der Waals surface area contributed by atoms with E-state index in [4.69, 9.17) is 9.97 Å². The number of aromatic nitrogens is 4. The van der Waals surface area contributed by atoms with Crippen molar-refractivity contribution in [1.82, 2.24) is 19.1 Å². The summed E-state index contributed by atoms with van der Waals surface area (Å²) in [5, 5.41) is 16.9. The zero-order valence-electron chi connectivity index (χ0n) is 34.6. The zero-order chi connectivity index (χ0) is 41.9. The lowest BCUT2D eigenvalue weighted by atomic mass is 9.90. The molecule has 0 N–H and O–H groups in total. The Bertz CT molecular complexity index is 3960. The first-order valence-corrected chi connectivity index (χ1v) is 21.9. The summed E-state index contributed by atoms with van der Waals surface area (Å²) in [5.41, 5.74) is 11.6. The lowest BCUT2D eigenvalue weighted by Gasteiger charge is -2.18. The SMILES string of the molecule is c1ccc(-c2ccc3cc(-n4c5cnccc5c5c6ccccc6c6c(c7ccccc7c7c8ccncc8n(-c8ccc9cc(-c%10ccccc%10)ccc9c8)c76)c54)ccc3c2)cc1. The molecule has 4 aromatic heterocycles. The highest BCUT2D eigenvalue weighted by Gasteiger charge is 2.26. The molecular weight excluding hydrogens is 777 g/mol. The quantitative estimate of drug-likeness (QED) is 0.166. The highest BCUT2D eigenvalue weighted by molar-refractivity contribution is 6.44. The molecule has 0 fully saturated rings. The van der Waals surface area contributed by atoms with E-state index in [-0.39, 0.29) is 0 Å². The Labute approximate surface area is 367 Å². The predicted octanol–water partition coefficient (Wildman–Crippen LogP) is 15.8. The van der Waals surface area contributed by atoms with Gasteiger partial charge in [0.15, 0.2) is 0 Å². The van der Waals surface area contributed by atoms with Crippen molar-refractivity contribution in [1.29, 1.82) is 0 Å². The summed E-state index contributed by atoms with van der Waals surface area (Å²) in [6.45, 7) is 0. The van der Waals surface area contributed by atoms with E-state index in [0.29, 0.717) is 0 Å². The Morgan fingerprint density at radius 2 is 0.656 bits per heavy atom. The summed E-state index contributed by atoms with van der Waals surface area (Å²) in [4.78, 5) is 9.54. The first kappa shape index (κ1) is 35.0. The Morgan fingerprint density at radius 1 is 0.281 bits per heavy atom. The molecule has 10 aromatic carbocycles. The highest BCUT2D eigenvalue weighted by Crippen LogP contribution is 2.50. The van der Waals surface area contributed by atoms with Gasteiger partial charge in [-0.3, -0.25) is 9.97 Å². The van der Waals surface area contributed by atoms with Crippen LogP contribution in [-0.4, -0.2) is 19.1 Å². The molecule has 4 heteroatoms. The van der Waals surface area contributed by atoms with Gasteiger partial charge in [0.25, 0.3) is 0 Å². The molecule has 0 bridgehead atoms. The molecule has 0 aliphatic heterocycles. The van der Waals surface area contributed by atoms with Gasteiger partial charge in [-0.1, -0.05) is 146 Å². The monoisotopic (exact) mass is 812 g/mol. The fraction of sp³-hybridized carbons (Fsp3) is 0. The van der Waals surface area contributed by atoms with Crippen molar-refractivity contribution < 1.29 is 0 Å². The number of hydrogen-bond acceptors (Lipinski definition) is 2. The molecule has 296 valence electrons. The molecule has 4 nitrogen and oxygen atoms in total. The van der Waals surface area contributed by atoms with Crippen LogP contribution in [0.1, 0.15) is 0 Å². The summed E-state index contributed by atoms with van der Waals surface area (Å²) in [7, 11) is 0. The largest absolute Gasteiger partial charge is 0.307 e. The van der Waals surface area contributed by atoms with Gasteiger partial charge >= 0.3 is 0 Å². The van der Waals surface area contributed by atoms with E-state index < -0.39 is 0 Å². The third kappa shape index (κ3) is 4.99. The van der Waals surface area contributed by atoms with Gasteiger partial charge in [-0.15, -0.1) is 0 Å². The first-order chi connectivity index (χ1) is 31.8. The summed E-state index contributed by atoms with van der Waals surface area (Å²) < 4.78 is 4.95. The van der Waals surface area contributed by atoms with Gasteiger partial charge < -0.3 is 9.13 Å². The molecule has 64 heavy (non-hydrogen) atoms. The maximum absolute atomic E-state index is 4.77. The van der Waals surface area contributed by atoms with Gasteiger partial charge in [-0.25, -0.2) is 0 Å². The lowest BCUT2D eigenvalue weighted by Crippen LogP contribution is -1.98. The first-order valence-electron chi connectivity index (χ1n) is 21.9. The number of pyridine rings is 2. The molecule has 0 saturated heterocycles. The fourth-order valence-electron chi connectivity index (χ4n) is 10.8. The zero-order valence-corrected chi connectivity index (χ0v) is 34.6. The second-order valence-corrected chi connectivity index (χ2v) is 17.0. The number of nitrogens with zero attached hydrogens (tertiary/aromatic N) is 4. The van der Waals surface area contributed by atoms with Gasteiger partial charge in [0.05, 0.1) is 34.5 Å². The molecule has 14 aromatic rings. The van der Waals surface area contributed by atoms with Gasteiger partial charge in [0.2, 0.25) is 0 Å². The molecule has 0 aliphatic carbocycles. The van der Waals surface area contributed by atoms with Crippen LogP contribution in [0.2, 0.25) is 0 Å². The molecule has 0 unspecified atom stereocenters. The number of fused-ring (bicyclic) bond motifs is 17. The maximum atomic E-state index is 4.77. The molecular formula is C60H36N4. The Hall–Kier alpha value is -8.60. The van der Waals surface area contributed by atoms with Gasteiger partial charge in [-0.05, 0) is 114 Å². The van der Waals surface area contributed by atoms with Crippen molar-refractivity contribution >= 4 is 97.5 Å². The molecule has 0 atom stereocenters. The smallest absolute Gasteiger partial charge is 0.0724 e. The Balaban J connectivity index is 1.13. The van der Waals surface area contributed by atoms with Crippen LogP contribution in [-0.2, 0) is 0 Å². The van der Waals surface area contributed by atoms with E-state index >= 15 is 0 Å². The van der Waals surface area contributed by atoms with Crippen LogP contribution in [0.5, 0.6) is 0 Å². The number of rotatable bonds is 4. The van der Waals surface area contributed by atoms with Gasteiger partial charge in [0.1, 0.15) is 0 Å². The van der Waals surface area contributed by atoms with E-state index in [1.165, 1.54) is 109 Å². The third-order valence-corrected chi connectivity index (χ3v) is 13.6. The van der Waals surface area contributed by atoms with E-state index in [1.54, 1.807) is 0 Å². The summed E-state index contributed by atoms with van der Waals surface area (Å²) in [6.07, 6.45) is 7.96. The second-order valence-electron chi connectivity index (χ2n) is 17.0. The minimum Gasteiger partial charge on any atom is -0.307 e. The minimum absolute atomic E-state index is 1.08. The summed E-state index contributed by atoms with van der Waals surface area (Å²) in [5.74, 6) is 0. The van der Waals surface area contributed by atoms with Crippen LogP contribution in [0.3, 0.4) is 0 Å². The standard InChI is InChI=1S/C60H36N4/c1-3-11-37(12-4-1)39-19-21-43-33-45(25-23-41(43)31-39)63-53-35-61-29-27-51(53)55-47-15-7-10-18-50(47)58-57(59(55)63)49-17-9-8-16-48(49)56-52-28-30-62-36-54(52)64(60(56)58)46-26-24-42-32-40(20-22-44(42)34-46)38-13-5-2-6-14-38/h1-36H. The molecule has 0 saturated carbocycles. The fourth-order valence-corrected chi connectivity index (χ4v) is 10.8. The van der Waals surface area contributed by atoms with Crippen molar-refractivity contribution in [3.8, 4) is 33.6 Å². The molecule has 14 rings (SSSR count). The van der Waals surface area contributed by atoms with Crippen molar-refractivity contribution in [3.05, 3.63) is 219 Å². The third-order valence-electron chi connectivity index (χ3n) is 13.6. The van der Waals surface area contributed by atoms with Crippen LogP contribution in [0.4, 0.5) is 0 Å². The Kier molecular flexibility index (Phi) is 7.36. The topological polar surface area (TPSA) is 35.6 Å². The number of hydrogen-bond donors (Lipinski definition) is 0. The van der Waals surface area contributed by atoms with E-state index in [0.717, 1.165) is 22.4 Å². The molecule has 0 spiro atoms. The van der Waals surface area contributed by atoms with Crippen molar-refractivity contribution in [2.45, 2.75) is 0 Å². The second kappa shape index (κ2) is 13.4. The van der Waals surface area contributed by atoms with E-state index in [9.17, 15) is 0 Å². The van der Waals surface area contributed by atoms with Crippen molar-refractivity contribution in [2.75, 3.05) is 0 Å².